The van der Waals surface area contributed by atoms with Crippen molar-refractivity contribution < 1.29 is 0 Å². The van der Waals surface area contributed by atoms with Crippen molar-refractivity contribution in [2.45, 2.75) is 52.6 Å². The SMILES string of the molecule is CCCNC(C)CCc1nn(CC)c2ccccc12. The van der Waals surface area contributed by atoms with E-state index in [2.05, 4.69) is 55.0 Å². The molecule has 0 spiro atoms. The van der Waals surface area contributed by atoms with Gasteiger partial charge in [0, 0.05) is 18.0 Å². The van der Waals surface area contributed by atoms with Crippen LogP contribution in [0.5, 0.6) is 0 Å². The van der Waals surface area contributed by atoms with Gasteiger partial charge in [0.05, 0.1) is 11.2 Å². The van der Waals surface area contributed by atoms with Crippen LogP contribution in [0.4, 0.5) is 0 Å². The molecule has 3 nitrogen and oxygen atoms in total. The van der Waals surface area contributed by atoms with Crippen LogP contribution in [0.3, 0.4) is 0 Å². The Balaban J connectivity index is 2.08. The van der Waals surface area contributed by atoms with Gasteiger partial charge in [-0.3, -0.25) is 4.68 Å². The molecule has 2 aromatic rings. The van der Waals surface area contributed by atoms with Crippen molar-refractivity contribution in [2.24, 2.45) is 0 Å². The summed E-state index contributed by atoms with van der Waals surface area (Å²) >= 11 is 0. The Bertz CT molecular complexity index is 516. The molecular formula is C16H25N3. The van der Waals surface area contributed by atoms with Gasteiger partial charge in [0.25, 0.3) is 0 Å². The number of aryl methyl sites for hydroxylation is 2. The molecule has 0 aliphatic rings. The van der Waals surface area contributed by atoms with Crippen LogP contribution in [0.15, 0.2) is 24.3 Å². The highest BCUT2D eigenvalue weighted by molar-refractivity contribution is 5.81. The molecule has 0 aliphatic heterocycles. The number of nitrogens with one attached hydrogen (secondary N) is 1. The molecular weight excluding hydrogens is 234 g/mol. The molecule has 1 atom stereocenters. The minimum Gasteiger partial charge on any atom is -0.314 e. The second-order valence-corrected chi connectivity index (χ2v) is 5.17. The molecule has 1 unspecified atom stereocenters. The Morgan fingerprint density at radius 3 is 2.79 bits per heavy atom. The lowest BCUT2D eigenvalue weighted by Crippen LogP contribution is -2.27. The van der Waals surface area contributed by atoms with E-state index in [4.69, 9.17) is 5.10 Å². The van der Waals surface area contributed by atoms with Gasteiger partial charge in [-0.1, -0.05) is 25.1 Å². The molecule has 0 aliphatic carbocycles. The highest BCUT2D eigenvalue weighted by atomic mass is 15.3. The smallest absolute Gasteiger partial charge is 0.0703 e. The van der Waals surface area contributed by atoms with E-state index in [1.807, 2.05) is 0 Å². The maximum absolute atomic E-state index is 4.75. The summed E-state index contributed by atoms with van der Waals surface area (Å²) in [7, 11) is 0. The normalized spacial score (nSPS) is 13.0. The molecule has 3 heteroatoms. The topological polar surface area (TPSA) is 29.9 Å². The zero-order valence-electron chi connectivity index (χ0n) is 12.3. The molecule has 1 aromatic carbocycles. The van der Waals surface area contributed by atoms with Gasteiger partial charge in [0.2, 0.25) is 0 Å². The van der Waals surface area contributed by atoms with Crippen LogP contribution < -0.4 is 5.32 Å². The fourth-order valence-corrected chi connectivity index (χ4v) is 2.47. The molecule has 1 heterocycles. The van der Waals surface area contributed by atoms with Crippen LogP contribution in [-0.4, -0.2) is 22.4 Å². The summed E-state index contributed by atoms with van der Waals surface area (Å²) in [6.45, 7) is 8.65. The Morgan fingerprint density at radius 2 is 2.05 bits per heavy atom. The second-order valence-electron chi connectivity index (χ2n) is 5.17. The number of para-hydroxylation sites is 1. The molecule has 19 heavy (non-hydrogen) atoms. The molecule has 0 fully saturated rings. The second kappa shape index (κ2) is 6.71. The van der Waals surface area contributed by atoms with Crippen LogP contribution in [0.1, 0.15) is 39.3 Å². The lowest BCUT2D eigenvalue weighted by atomic mass is 10.1. The van der Waals surface area contributed by atoms with E-state index < -0.39 is 0 Å². The van der Waals surface area contributed by atoms with Gasteiger partial charge in [-0.25, -0.2) is 0 Å². The number of aromatic nitrogens is 2. The monoisotopic (exact) mass is 259 g/mol. The predicted molar refractivity (Wildman–Crippen MR) is 81.5 cm³/mol. The minimum atomic E-state index is 0.561. The van der Waals surface area contributed by atoms with Gasteiger partial charge >= 0.3 is 0 Å². The van der Waals surface area contributed by atoms with Gasteiger partial charge in [-0.05, 0) is 45.7 Å². The first-order valence-electron chi connectivity index (χ1n) is 7.44. The van der Waals surface area contributed by atoms with Crippen molar-refractivity contribution in [3.8, 4) is 0 Å². The number of benzene rings is 1. The summed E-state index contributed by atoms with van der Waals surface area (Å²) in [4.78, 5) is 0. The summed E-state index contributed by atoms with van der Waals surface area (Å²) in [5.74, 6) is 0. The Kier molecular flexibility index (Phi) is 4.97. The van der Waals surface area contributed by atoms with Crippen molar-refractivity contribution in [2.75, 3.05) is 6.54 Å². The third kappa shape index (κ3) is 3.35. The molecule has 0 amide bonds. The molecule has 1 N–H and O–H groups in total. The molecule has 2 rings (SSSR count). The number of fused-ring (bicyclic) bond motifs is 1. The summed E-state index contributed by atoms with van der Waals surface area (Å²) < 4.78 is 2.11. The van der Waals surface area contributed by atoms with Gasteiger partial charge in [-0.2, -0.15) is 5.10 Å². The van der Waals surface area contributed by atoms with Gasteiger partial charge in [0.15, 0.2) is 0 Å². The van der Waals surface area contributed by atoms with Crippen LogP contribution in [0.25, 0.3) is 10.9 Å². The third-order valence-corrected chi connectivity index (χ3v) is 3.59. The zero-order valence-corrected chi connectivity index (χ0v) is 12.3. The first kappa shape index (κ1) is 14.1. The van der Waals surface area contributed by atoms with Crippen molar-refractivity contribution >= 4 is 10.9 Å². The highest BCUT2D eigenvalue weighted by Gasteiger charge is 2.10. The molecule has 104 valence electrons. The Morgan fingerprint density at radius 1 is 1.26 bits per heavy atom. The fraction of sp³-hybridized carbons (Fsp3) is 0.562. The zero-order chi connectivity index (χ0) is 13.7. The summed E-state index contributed by atoms with van der Waals surface area (Å²) in [6.07, 6.45) is 3.38. The Labute approximate surface area is 116 Å². The fourth-order valence-electron chi connectivity index (χ4n) is 2.47. The quantitative estimate of drug-likeness (QED) is 0.826. The third-order valence-electron chi connectivity index (χ3n) is 3.59. The van der Waals surface area contributed by atoms with E-state index in [-0.39, 0.29) is 0 Å². The van der Waals surface area contributed by atoms with Crippen molar-refractivity contribution in [1.82, 2.24) is 15.1 Å². The van der Waals surface area contributed by atoms with Crippen LogP contribution in [-0.2, 0) is 13.0 Å². The molecule has 0 bridgehead atoms. The van der Waals surface area contributed by atoms with Crippen LogP contribution in [0.2, 0.25) is 0 Å². The average Bonchev–Trinajstić information content (AvgIpc) is 2.81. The lowest BCUT2D eigenvalue weighted by Gasteiger charge is -2.11. The number of rotatable bonds is 7. The standard InChI is InChI=1S/C16H25N3/c1-4-12-17-13(3)10-11-15-14-8-6-7-9-16(14)19(5-2)18-15/h6-9,13,17H,4-5,10-12H2,1-3H3. The Hall–Kier alpha value is -1.35. The van der Waals surface area contributed by atoms with Crippen LogP contribution >= 0.6 is 0 Å². The minimum absolute atomic E-state index is 0.561. The van der Waals surface area contributed by atoms with Gasteiger partial charge in [-0.15, -0.1) is 0 Å². The summed E-state index contributed by atoms with van der Waals surface area (Å²) in [6, 6.07) is 9.10. The summed E-state index contributed by atoms with van der Waals surface area (Å²) in [5, 5.41) is 9.60. The van der Waals surface area contributed by atoms with Gasteiger partial charge in [0.1, 0.15) is 0 Å². The maximum Gasteiger partial charge on any atom is 0.0703 e. The van der Waals surface area contributed by atoms with Crippen LogP contribution in [0, 0.1) is 0 Å². The first-order valence-corrected chi connectivity index (χ1v) is 7.44. The molecule has 1 aromatic heterocycles. The first-order chi connectivity index (χ1) is 9.26. The van der Waals surface area contributed by atoms with E-state index >= 15 is 0 Å². The number of nitrogens with zero attached hydrogens (tertiary/aromatic N) is 2. The van der Waals surface area contributed by atoms with E-state index in [1.165, 1.54) is 23.0 Å². The van der Waals surface area contributed by atoms with E-state index in [0.717, 1.165) is 25.9 Å². The maximum atomic E-state index is 4.75. The van der Waals surface area contributed by atoms with E-state index in [9.17, 15) is 0 Å². The van der Waals surface area contributed by atoms with E-state index in [0.29, 0.717) is 6.04 Å². The lowest BCUT2D eigenvalue weighted by molar-refractivity contribution is 0.509. The van der Waals surface area contributed by atoms with Gasteiger partial charge < -0.3 is 5.32 Å². The summed E-state index contributed by atoms with van der Waals surface area (Å²) in [5.41, 5.74) is 2.50. The van der Waals surface area contributed by atoms with E-state index in [1.54, 1.807) is 0 Å². The largest absolute Gasteiger partial charge is 0.314 e. The number of hydrogen-bond acceptors (Lipinski definition) is 2. The van der Waals surface area contributed by atoms with Crippen molar-refractivity contribution in [3.63, 3.8) is 0 Å². The molecule has 0 saturated carbocycles. The average molecular weight is 259 g/mol. The van der Waals surface area contributed by atoms with Crippen molar-refractivity contribution in [1.29, 1.82) is 0 Å². The molecule has 0 radical (unpaired) electrons. The van der Waals surface area contributed by atoms with Crippen molar-refractivity contribution in [3.05, 3.63) is 30.0 Å². The number of hydrogen-bond donors (Lipinski definition) is 1. The molecule has 0 saturated heterocycles. The highest BCUT2D eigenvalue weighted by Crippen LogP contribution is 2.19. The predicted octanol–water partition coefficient (Wildman–Crippen LogP) is 3.38.